The number of hydroxylamine groups is 2. The number of hydrogen-bond donors (Lipinski definition) is 1. The molecular weight excluding hydrogens is 383 g/mol. The molecule has 27 heavy (non-hydrogen) atoms. The van der Waals surface area contributed by atoms with Crippen LogP contribution in [0.1, 0.15) is 34.3 Å². The number of aliphatic hydroxyl groups is 1. The van der Waals surface area contributed by atoms with E-state index in [4.69, 9.17) is 16.4 Å². The van der Waals surface area contributed by atoms with Crippen molar-refractivity contribution < 1.29 is 27.9 Å². The lowest BCUT2D eigenvalue weighted by molar-refractivity contribution is -0.156. The molecule has 1 fully saturated rings. The molecular formula is C19H17ClF3NO3. The fraction of sp³-hybridized carbons (Fsp3) is 0.316. The van der Waals surface area contributed by atoms with Gasteiger partial charge in [0.2, 0.25) is 0 Å². The van der Waals surface area contributed by atoms with Gasteiger partial charge in [-0.1, -0.05) is 35.9 Å². The van der Waals surface area contributed by atoms with Gasteiger partial charge in [-0.2, -0.15) is 13.2 Å². The minimum absolute atomic E-state index is 0.119. The molecule has 8 heteroatoms. The molecule has 0 aromatic heterocycles. The summed E-state index contributed by atoms with van der Waals surface area (Å²) < 4.78 is 39.2. The Hall–Kier alpha value is -2.09. The smallest absolute Gasteiger partial charge is 0.385 e. The fourth-order valence-electron chi connectivity index (χ4n) is 3.01. The van der Waals surface area contributed by atoms with Crippen molar-refractivity contribution in [3.63, 3.8) is 0 Å². The second-order valence-corrected chi connectivity index (χ2v) is 6.80. The van der Waals surface area contributed by atoms with Crippen LogP contribution in [0.3, 0.4) is 0 Å². The number of carbonyl (C=O) groups is 1. The molecule has 0 saturated carbocycles. The molecule has 1 aliphatic heterocycles. The number of piperidine rings is 1. The first-order valence-corrected chi connectivity index (χ1v) is 8.69. The zero-order valence-corrected chi connectivity index (χ0v) is 14.9. The monoisotopic (exact) mass is 399 g/mol. The van der Waals surface area contributed by atoms with Gasteiger partial charge in [0, 0.05) is 13.1 Å². The fourth-order valence-corrected chi connectivity index (χ4v) is 3.24. The summed E-state index contributed by atoms with van der Waals surface area (Å²) in [5, 5.41) is 11.8. The molecule has 1 saturated heterocycles. The van der Waals surface area contributed by atoms with Crippen LogP contribution in [0.4, 0.5) is 13.2 Å². The van der Waals surface area contributed by atoms with E-state index >= 15 is 0 Å². The number of halogens is 4. The van der Waals surface area contributed by atoms with Gasteiger partial charge < -0.3 is 9.94 Å². The topological polar surface area (TPSA) is 49.8 Å². The summed E-state index contributed by atoms with van der Waals surface area (Å²) in [6, 6.07) is 11.9. The Balaban J connectivity index is 1.68. The zero-order chi connectivity index (χ0) is 19.7. The van der Waals surface area contributed by atoms with Crippen molar-refractivity contribution in [2.75, 3.05) is 13.1 Å². The molecule has 2 aromatic rings. The summed E-state index contributed by atoms with van der Waals surface area (Å²) in [7, 11) is 0. The average Bonchev–Trinajstić information content (AvgIpc) is 2.64. The predicted octanol–water partition coefficient (Wildman–Crippen LogP) is 4.41. The summed E-state index contributed by atoms with van der Waals surface area (Å²) >= 11 is 5.64. The van der Waals surface area contributed by atoms with E-state index in [9.17, 15) is 23.1 Å². The van der Waals surface area contributed by atoms with Crippen LogP contribution >= 0.6 is 11.6 Å². The molecule has 1 heterocycles. The summed E-state index contributed by atoms with van der Waals surface area (Å²) in [6.45, 7) is 0.387. The maximum absolute atomic E-state index is 13.1. The normalized spacial score (nSPS) is 17.5. The lowest BCUT2D eigenvalue weighted by Crippen LogP contribution is -2.43. The van der Waals surface area contributed by atoms with Gasteiger partial charge in [-0.15, -0.1) is 5.06 Å². The van der Waals surface area contributed by atoms with E-state index in [1.807, 2.05) is 0 Å². The summed E-state index contributed by atoms with van der Waals surface area (Å²) in [4.78, 5) is 17.4. The Labute approximate surface area is 159 Å². The Morgan fingerprint density at radius 3 is 2.33 bits per heavy atom. The van der Waals surface area contributed by atoms with Gasteiger partial charge in [0.05, 0.1) is 21.8 Å². The Morgan fingerprint density at radius 1 is 1.11 bits per heavy atom. The average molecular weight is 400 g/mol. The second kappa shape index (κ2) is 7.50. The number of benzene rings is 2. The highest BCUT2D eigenvalue weighted by Gasteiger charge is 2.39. The quantitative estimate of drug-likeness (QED) is 0.830. The molecule has 0 atom stereocenters. The van der Waals surface area contributed by atoms with Gasteiger partial charge in [0.25, 0.3) is 0 Å². The molecule has 2 aromatic carbocycles. The van der Waals surface area contributed by atoms with Gasteiger partial charge in [-0.25, -0.2) is 4.79 Å². The van der Waals surface area contributed by atoms with Gasteiger partial charge >= 0.3 is 12.1 Å². The molecule has 0 aliphatic carbocycles. The third-order valence-corrected chi connectivity index (χ3v) is 4.91. The molecule has 3 rings (SSSR count). The van der Waals surface area contributed by atoms with Crippen molar-refractivity contribution >= 4 is 17.6 Å². The molecule has 0 spiro atoms. The third-order valence-electron chi connectivity index (χ3n) is 4.58. The lowest BCUT2D eigenvalue weighted by atomic mass is 9.84. The van der Waals surface area contributed by atoms with Crippen molar-refractivity contribution in [2.24, 2.45) is 0 Å². The third kappa shape index (κ3) is 4.43. The molecule has 1 aliphatic rings. The van der Waals surface area contributed by atoms with E-state index in [2.05, 4.69) is 0 Å². The SMILES string of the molecule is O=C(ON1CCC(O)(c2ccc(Cl)c(C(F)(F)F)c2)CC1)c1ccccc1. The van der Waals surface area contributed by atoms with Crippen LogP contribution in [-0.2, 0) is 16.6 Å². The van der Waals surface area contributed by atoms with Crippen molar-refractivity contribution in [2.45, 2.75) is 24.6 Å². The number of alkyl halides is 3. The van der Waals surface area contributed by atoms with Crippen LogP contribution in [0.5, 0.6) is 0 Å². The molecule has 0 bridgehead atoms. The van der Waals surface area contributed by atoms with E-state index < -0.39 is 28.3 Å². The summed E-state index contributed by atoms with van der Waals surface area (Å²) in [5.41, 5.74) is -1.88. The van der Waals surface area contributed by atoms with Crippen molar-refractivity contribution in [1.82, 2.24) is 5.06 Å². The number of carbonyl (C=O) groups excluding carboxylic acids is 1. The highest BCUT2D eigenvalue weighted by molar-refractivity contribution is 6.31. The van der Waals surface area contributed by atoms with Gasteiger partial charge in [-0.3, -0.25) is 0 Å². The van der Waals surface area contributed by atoms with Crippen LogP contribution in [0, 0.1) is 0 Å². The van der Waals surface area contributed by atoms with Crippen LogP contribution in [0.2, 0.25) is 5.02 Å². The maximum Gasteiger partial charge on any atom is 0.417 e. The lowest BCUT2D eigenvalue weighted by Gasteiger charge is -2.37. The molecule has 0 amide bonds. The van der Waals surface area contributed by atoms with Crippen LogP contribution in [0.15, 0.2) is 48.5 Å². The first kappa shape index (κ1) is 19.7. The van der Waals surface area contributed by atoms with Crippen LogP contribution in [0.25, 0.3) is 0 Å². The highest BCUT2D eigenvalue weighted by atomic mass is 35.5. The van der Waals surface area contributed by atoms with Gasteiger partial charge in [0.1, 0.15) is 0 Å². The molecule has 0 radical (unpaired) electrons. The first-order valence-electron chi connectivity index (χ1n) is 8.31. The van der Waals surface area contributed by atoms with Gasteiger partial charge in [0.15, 0.2) is 0 Å². The van der Waals surface area contributed by atoms with Crippen LogP contribution in [-0.4, -0.2) is 29.2 Å². The van der Waals surface area contributed by atoms with E-state index in [0.717, 1.165) is 12.1 Å². The van der Waals surface area contributed by atoms with E-state index in [-0.39, 0.29) is 31.5 Å². The predicted molar refractivity (Wildman–Crippen MR) is 93.0 cm³/mol. The molecule has 4 nitrogen and oxygen atoms in total. The van der Waals surface area contributed by atoms with Gasteiger partial charge in [-0.05, 0) is 42.7 Å². The Bertz CT molecular complexity index is 819. The Kier molecular flexibility index (Phi) is 5.46. The van der Waals surface area contributed by atoms with E-state index in [1.165, 1.54) is 11.1 Å². The number of hydrogen-bond acceptors (Lipinski definition) is 4. The minimum atomic E-state index is -4.60. The van der Waals surface area contributed by atoms with Crippen molar-refractivity contribution in [3.8, 4) is 0 Å². The van der Waals surface area contributed by atoms with E-state index in [0.29, 0.717) is 5.56 Å². The zero-order valence-electron chi connectivity index (χ0n) is 14.2. The molecule has 0 unspecified atom stereocenters. The second-order valence-electron chi connectivity index (χ2n) is 6.40. The Morgan fingerprint density at radius 2 is 1.74 bits per heavy atom. The molecule has 144 valence electrons. The van der Waals surface area contributed by atoms with Crippen LogP contribution < -0.4 is 0 Å². The minimum Gasteiger partial charge on any atom is -0.385 e. The molecule has 1 N–H and O–H groups in total. The number of nitrogens with zero attached hydrogens (tertiary/aromatic N) is 1. The maximum atomic E-state index is 13.1. The highest BCUT2D eigenvalue weighted by Crippen LogP contribution is 2.40. The van der Waals surface area contributed by atoms with Crippen molar-refractivity contribution in [3.05, 3.63) is 70.2 Å². The first-order chi connectivity index (χ1) is 12.7. The number of rotatable bonds is 3. The standard InChI is InChI=1S/C19H17ClF3NO3/c20-16-7-6-14(12-15(16)19(21,22)23)18(26)8-10-24(11-9-18)27-17(25)13-4-2-1-3-5-13/h1-7,12,26H,8-11H2. The summed E-state index contributed by atoms with van der Waals surface area (Å²) in [5.74, 6) is -0.521. The van der Waals surface area contributed by atoms with E-state index in [1.54, 1.807) is 30.3 Å². The van der Waals surface area contributed by atoms with Crippen molar-refractivity contribution in [1.29, 1.82) is 0 Å². The summed E-state index contributed by atoms with van der Waals surface area (Å²) in [6.07, 6.45) is -4.36. The largest absolute Gasteiger partial charge is 0.417 e.